The van der Waals surface area contributed by atoms with Gasteiger partial charge in [0.2, 0.25) is 0 Å². The standard InChI is InChI=1S/2C28H30.C21H24O4.C19H20O2.C19H22O/c2*1-20(2)26-18-16-22(4)28-23(5)25(17-15-21(3)27(28)19-26)14-10-9-13-24-11-7-6-8-12-24;1-12(2)15-9-7-14(4)18-17(11-15)13(3)8-10-16-19(18)21(23-5,24-6)25-20(16)22;1-11(2)14-7-6-13(4)17-16(9-14)12(3)5-8-15-10-21-19(20)18(15)17;1-12(2)16-8-7-14(4)19-15(5)17(11-20)9-6-13(3)18(19)10-16/h2*6-20H,1-5H3;7-12H,1-6H3;5-9,11H,10H2,1-4H3;6-12H,1-5H3/b13-9+,14-10+;13-9+,14-10-;;;. The van der Waals surface area contributed by atoms with Crippen molar-refractivity contribution in [2.24, 2.45) is 29.6 Å². The second-order valence-corrected chi connectivity index (χ2v) is 34.3. The Bertz CT molecular complexity index is 5570. The van der Waals surface area contributed by atoms with Crippen LogP contribution in [0, 0.1) is 29.6 Å². The summed E-state index contributed by atoms with van der Waals surface area (Å²) in [6.45, 7) is 50.4. The van der Waals surface area contributed by atoms with Crippen molar-refractivity contribution in [3.63, 3.8) is 0 Å². The van der Waals surface area contributed by atoms with Gasteiger partial charge in [-0.1, -0.05) is 324 Å². The van der Waals surface area contributed by atoms with E-state index in [0.29, 0.717) is 47.3 Å². The van der Waals surface area contributed by atoms with Crippen LogP contribution in [0.4, 0.5) is 0 Å². The Balaban J connectivity index is 0.000000161. The van der Waals surface area contributed by atoms with Crippen molar-refractivity contribution in [3.05, 3.63) is 455 Å². The molecule has 2 heterocycles. The number of hydrogen-bond donors (Lipinski definition) is 0. The lowest BCUT2D eigenvalue weighted by atomic mass is 9.87. The highest BCUT2D eigenvalue weighted by Crippen LogP contribution is 2.49. The summed E-state index contributed by atoms with van der Waals surface area (Å²) in [5.74, 6) is 0.195. The van der Waals surface area contributed by atoms with Crippen LogP contribution in [0.3, 0.4) is 0 Å². The number of methoxy groups -OCH3 is 2. The molecule has 14 rings (SSSR count). The van der Waals surface area contributed by atoms with E-state index in [2.05, 4.69) is 357 Å². The van der Waals surface area contributed by atoms with Gasteiger partial charge in [0.1, 0.15) is 12.9 Å². The van der Waals surface area contributed by atoms with E-state index >= 15 is 0 Å². The first-order valence-electron chi connectivity index (χ1n) is 43.1. The molecule has 2 saturated heterocycles. The Kier molecular flexibility index (Phi) is 31.5. The van der Waals surface area contributed by atoms with E-state index in [1.807, 2.05) is 57.2 Å². The summed E-state index contributed by atoms with van der Waals surface area (Å²) in [5.41, 5.74) is 43.0. The van der Waals surface area contributed by atoms with E-state index in [9.17, 15) is 14.4 Å². The van der Waals surface area contributed by atoms with Crippen LogP contribution in [0.15, 0.2) is 444 Å². The van der Waals surface area contributed by atoms with Gasteiger partial charge in [-0.15, -0.1) is 0 Å². The average Bonchev–Trinajstić information content (AvgIpc) is 1.58. The molecule has 2 aromatic rings. The van der Waals surface area contributed by atoms with Gasteiger partial charge >= 0.3 is 17.9 Å². The largest absolute Gasteiger partial charge is 0.457 e. The van der Waals surface area contributed by atoms with Crippen LogP contribution in [-0.2, 0) is 33.3 Å². The maximum Gasteiger partial charge on any atom is 0.359 e. The number of carbonyl (C=O) groups is 3. The zero-order chi connectivity index (χ0) is 88.6. The number of ether oxygens (including phenoxy) is 4. The third-order valence-corrected chi connectivity index (χ3v) is 24.0. The summed E-state index contributed by atoms with van der Waals surface area (Å²) in [6, 6.07) is 20.8. The third-order valence-electron chi connectivity index (χ3n) is 24.0. The van der Waals surface area contributed by atoms with Gasteiger partial charge in [-0.05, 0) is 304 Å². The molecule has 0 bridgehead atoms. The molecule has 0 aromatic heterocycles. The molecule has 2 aromatic carbocycles. The van der Waals surface area contributed by atoms with Crippen LogP contribution >= 0.6 is 0 Å². The molecule has 122 heavy (non-hydrogen) atoms. The predicted octanol–water partition coefficient (Wildman–Crippen LogP) is 29.0. The van der Waals surface area contributed by atoms with Gasteiger partial charge in [0, 0.05) is 25.4 Å². The highest BCUT2D eigenvalue weighted by Gasteiger charge is 2.53. The number of hydrogen-bond acceptors (Lipinski definition) is 7. The van der Waals surface area contributed by atoms with E-state index in [1.165, 1.54) is 148 Å². The number of fused-ring (bicyclic) bond motifs is 7. The molecule has 7 heteroatoms. The normalized spacial score (nSPS) is 19.5. The summed E-state index contributed by atoms with van der Waals surface area (Å²) in [5, 5.41) is 0. The van der Waals surface area contributed by atoms with Gasteiger partial charge < -0.3 is 18.9 Å². The summed E-state index contributed by atoms with van der Waals surface area (Å²) in [6.07, 6.45) is 72.3. The van der Waals surface area contributed by atoms with Crippen molar-refractivity contribution in [1.29, 1.82) is 0 Å². The molecule has 0 spiro atoms. The van der Waals surface area contributed by atoms with Crippen molar-refractivity contribution < 1.29 is 33.3 Å². The van der Waals surface area contributed by atoms with Gasteiger partial charge in [-0.2, -0.15) is 0 Å². The van der Waals surface area contributed by atoms with Crippen molar-refractivity contribution in [2.45, 2.75) is 165 Å². The van der Waals surface area contributed by atoms with E-state index in [-0.39, 0.29) is 5.97 Å². The Morgan fingerprint density at radius 1 is 0.311 bits per heavy atom. The Morgan fingerprint density at radius 3 is 0.959 bits per heavy atom. The molecular formula is C115H126O7. The summed E-state index contributed by atoms with van der Waals surface area (Å²) >= 11 is 0. The zero-order valence-corrected chi connectivity index (χ0v) is 76.9. The Hall–Kier alpha value is -11.9. The third kappa shape index (κ3) is 21.5. The van der Waals surface area contributed by atoms with Crippen molar-refractivity contribution in [2.75, 3.05) is 20.8 Å². The van der Waals surface area contributed by atoms with Crippen molar-refractivity contribution in [1.82, 2.24) is 0 Å². The second kappa shape index (κ2) is 41.6. The molecule has 2 aliphatic heterocycles. The van der Waals surface area contributed by atoms with Gasteiger partial charge in [0.05, 0.1) is 16.7 Å². The molecule has 2 fully saturated rings. The monoisotopic (exact) mass is 1620 g/mol. The second-order valence-electron chi connectivity index (χ2n) is 34.3. The quantitative estimate of drug-likeness (QED) is 0.0806. The number of carbonyl (C=O) groups excluding carboxylic acids is 3. The van der Waals surface area contributed by atoms with E-state index in [0.717, 1.165) is 67.6 Å². The minimum atomic E-state index is -1.52. The fourth-order valence-electron chi connectivity index (χ4n) is 16.2. The predicted molar refractivity (Wildman–Crippen MR) is 514 cm³/mol. The minimum absolute atomic E-state index is 0.203. The molecule has 0 unspecified atom stereocenters. The smallest absolute Gasteiger partial charge is 0.359 e. The van der Waals surface area contributed by atoms with E-state index < -0.39 is 11.9 Å². The van der Waals surface area contributed by atoms with Gasteiger partial charge in [-0.25, -0.2) is 9.59 Å². The Morgan fingerprint density at radius 2 is 0.607 bits per heavy atom. The number of benzene rings is 2. The van der Waals surface area contributed by atoms with Crippen molar-refractivity contribution in [3.8, 4) is 0 Å². The number of esters is 2. The van der Waals surface area contributed by atoms with Crippen LogP contribution in [0.25, 0.3) is 12.2 Å². The Labute approximate surface area is 730 Å². The molecule has 12 aliphatic rings. The summed E-state index contributed by atoms with van der Waals surface area (Å²) < 4.78 is 21.8. The number of rotatable bonds is 14. The number of aldehydes is 1. The topological polar surface area (TPSA) is 88.1 Å². The lowest BCUT2D eigenvalue weighted by molar-refractivity contribution is -0.307. The highest BCUT2D eigenvalue weighted by atomic mass is 16.9. The van der Waals surface area contributed by atoms with Crippen LogP contribution in [0.1, 0.15) is 170 Å². The summed E-state index contributed by atoms with van der Waals surface area (Å²) in [7, 11) is 2.96. The van der Waals surface area contributed by atoms with E-state index in [1.54, 1.807) is 6.08 Å². The molecule has 0 saturated carbocycles. The fourth-order valence-corrected chi connectivity index (χ4v) is 16.2. The average molecular weight is 1620 g/mol. The van der Waals surface area contributed by atoms with Crippen LogP contribution in [-0.4, -0.2) is 45.0 Å². The SMILES string of the molecule is CC1=CC=C(/C=C/C=C/c2ccccc2)C(C)=C2C(C)=CC=C(C(C)C)C=C12.CC1=CC=C(/C=C\C=C\c2ccccc2)C(C)=C2C(C)=CC=C(C(C)C)C=C12.CC1=CC=C(C=O)C(C)=C2C(C)=CC=C(C(C)C)C=C12.CC1=CC=C2COC(=O)C2=C2C(C)=CC=C(C(C)C)C=C12.COC1(OC)OC(=O)C2=CC=C(C)C3=CC(C(C)C)=CC=C(C)C3=C21. The molecule has 10 aliphatic carbocycles. The van der Waals surface area contributed by atoms with E-state index in [4.69, 9.17) is 18.9 Å². The fraction of sp³-hybridized carbons (Fsp3) is 0.278. The first kappa shape index (κ1) is 92.4. The highest BCUT2D eigenvalue weighted by molar-refractivity contribution is 6.01. The molecule has 0 amide bonds. The van der Waals surface area contributed by atoms with Gasteiger partial charge in [0.25, 0.3) is 0 Å². The van der Waals surface area contributed by atoms with Crippen LogP contribution < -0.4 is 0 Å². The van der Waals surface area contributed by atoms with Gasteiger partial charge in [0.15, 0.2) is 0 Å². The minimum Gasteiger partial charge on any atom is -0.457 e. The molecule has 7 nitrogen and oxygen atoms in total. The molecular weight excluding hydrogens is 1490 g/mol. The summed E-state index contributed by atoms with van der Waals surface area (Å²) in [4.78, 5) is 35.9. The lowest BCUT2D eigenvalue weighted by Gasteiger charge is -2.27. The molecule has 0 radical (unpaired) electrons. The zero-order valence-electron chi connectivity index (χ0n) is 76.9. The van der Waals surface area contributed by atoms with Gasteiger partial charge in [-0.3, -0.25) is 4.79 Å². The van der Waals surface area contributed by atoms with Crippen LogP contribution in [0.5, 0.6) is 0 Å². The first-order valence-corrected chi connectivity index (χ1v) is 43.1. The van der Waals surface area contributed by atoms with Crippen LogP contribution in [0.2, 0.25) is 0 Å². The lowest BCUT2D eigenvalue weighted by Crippen LogP contribution is -2.36. The van der Waals surface area contributed by atoms with Crippen molar-refractivity contribution >= 4 is 30.4 Å². The number of cyclic esters (lactones) is 2. The maximum atomic E-state index is 12.5. The molecule has 628 valence electrons. The molecule has 0 atom stereocenters. The molecule has 0 N–H and O–H groups in total. The number of allylic oxidation sites excluding steroid dienone is 62. The maximum absolute atomic E-state index is 12.5. The first-order chi connectivity index (χ1) is 58.2.